The second-order valence-electron chi connectivity index (χ2n) is 6.60. The highest BCUT2D eigenvalue weighted by molar-refractivity contribution is 14.0. The van der Waals surface area contributed by atoms with Crippen LogP contribution in [0.2, 0.25) is 0 Å². The van der Waals surface area contributed by atoms with E-state index < -0.39 is 0 Å². The number of para-hydroxylation sites is 2. The second-order valence-corrected chi connectivity index (χ2v) is 6.60. The lowest BCUT2D eigenvalue weighted by Gasteiger charge is -2.14. The average Bonchev–Trinajstić information content (AvgIpc) is 3.07. The lowest BCUT2D eigenvalue weighted by atomic mass is 10.2. The summed E-state index contributed by atoms with van der Waals surface area (Å²) in [6.07, 6.45) is 0. The maximum atomic E-state index is 5.46. The highest BCUT2D eigenvalue weighted by atomic mass is 127. The van der Waals surface area contributed by atoms with Crippen LogP contribution in [-0.4, -0.2) is 42.8 Å². The third kappa shape index (κ3) is 5.78. The predicted octanol–water partition coefficient (Wildman–Crippen LogP) is 3.74. The van der Waals surface area contributed by atoms with Gasteiger partial charge in [-0.1, -0.05) is 12.1 Å². The molecule has 0 aliphatic carbocycles. The Hall–Kier alpha value is -2.49. The number of aryl methyl sites for hydroxylation is 1. The maximum Gasteiger partial charge on any atom is 0.191 e. The van der Waals surface area contributed by atoms with Crippen molar-refractivity contribution in [3.05, 3.63) is 53.9 Å². The summed E-state index contributed by atoms with van der Waals surface area (Å²) in [7, 11) is 3.30. The fraction of sp³-hybridized carbons (Fsp3) is 0.364. The molecule has 0 aliphatic heterocycles. The maximum absolute atomic E-state index is 5.46. The largest absolute Gasteiger partial charge is 0.497 e. The van der Waals surface area contributed by atoms with Crippen molar-refractivity contribution in [1.82, 2.24) is 20.2 Å². The number of rotatable bonds is 8. The Labute approximate surface area is 194 Å². The van der Waals surface area contributed by atoms with Crippen molar-refractivity contribution < 1.29 is 9.47 Å². The van der Waals surface area contributed by atoms with E-state index in [0.29, 0.717) is 6.54 Å². The first-order valence-electron chi connectivity index (χ1n) is 9.81. The van der Waals surface area contributed by atoms with Crippen LogP contribution in [0.4, 0.5) is 0 Å². The van der Waals surface area contributed by atoms with Crippen LogP contribution in [0.3, 0.4) is 0 Å². The molecule has 30 heavy (non-hydrogen) atoms. The quantitative estimate of drug-likeness (QED) is 0.268. The van der Waals surface area contributed by atoms with Crippen LogP contribution in [0, 0.1) is 6.92 Å². The van der Waals surface area contributed by atoms with E-state index in [1.54, 1.807) is 14.2 Å². The van der Waals surface area contributed by atoms with Gasteiger partial charge in [-0.15, -0.1) is 24.0 Å². The van der Waals surface area contributed by atoms with Crippen molar-refractivity contribution in [3.8, 4) is 11.5 Å². The first-order valence-corrected chi connectivity index (χ1v) is 9.81. The number of fused-ring (bicyclic) bond motifs is 1. The van der Waals surface area contributed by atoms with Crippen molar-refractivity contribution in [3.63, 3.8) is 0 Å². The predicted molar refractivity (Wildman–Crippen MR) is 132 cm³/mol. The molecule has 162 valence electrons. The number of guanidine groups is 1. The molecule has 0 aliphatic rings. The highest BCUT2D eigenvalue weighted by Gasteiger charge is 2.08. The van der Waals surface area contributed by atoms with Crippen LogP contribution in [0.5, 0.6) is 11.5 Å². The average molecular weight is 523 g/mol. The van der Waals surface area contributed by atoms with E-state index in [-0.39, 0.29) is 24.0 Å². The van der Waals surface area contributed by atoms with Crippen molar-refractivity contribution in [2.24, 2.45) is 4.99 Å². The third-order valence-electron chi connectivity index (χ3n) is 4.72. The summed E-state index contributed by atoms with van der Waals surface area (Å²) in [5.74, 6) is 3.32. The van der Waals surface area contributed by atoms with E-state index in [0.717, 1.165) is 59.5 Å². The molecule has 3 aromatic rings. The summed E-state index contributed by atoms with van der Waals surface area (Å²) < 4.78 is 12.9. The number of hydrogen-bond acceptors (Lipinski definition) is 4. The molecular formula is C22H30IN5O2. The Kier molecular flexibility index (Phi) is 9.22. The molecule has 8 heteroatoms. The van der Waals surface area contributed by atoms with Gasteiger partial charge in [0.2, 0.25) is 0 Å². The van der Waals surface area contributed by atoms with Gasteiger partial charge in [0.15, 0.2) is 5.96 Å². The zero-order valence-electron chi connectivity index (χ0n) is 17.9. The van der Waals surface area contributed by atoms with E-state index in [9.17, 15) is 0 Å². The molecule has 0 fully saturated rings. The number of imidazole rings is 1. The van der Waals surface area contributed by atoms with E-state index in [4.69, 9.17) is 14.5 Å². The minimum atomic E-state index is 0. The van der Waals surface area contributed by atoms with Gasteiger partial charge in [0, 0.05) is 31.3 Å². The van der Waals surface area contributed by atoms with Crippen molar-refractivity contribution in [2.75, 3.05) is 27.3 Å². The molecule has 1 aromatic heterocycles. The van der Waals surface area contributed by atoms with E-state index in [2.05, 4.69) is 33.2 Å². The van der Waals surface area contributed by atoms with Gasteiger partial charge >= 0.3 is 0 Å². The zero-order valence-corrected chi connectivity index (χ0v) is 20.3. The molecule has 0 atom stereocenters. The lowest BCUT2D eigenvalue weighted by Crippen LogP contribution is -2.38. The van der Waals surface area contributed by atoms with Gasteiger partial charge in [0.1, 0.15) is 17.3 Å². The van der Waals surface area contributed by atoms with E-state index in [1.807, 2.05) is 43.3 Å². The Morgan fingerprint density at radius 3 is 2.63 bits per heavy atom. The Morgan fingerprint density at radius 2 is 1.90 bits per heavy atom. The molecule has 2 aromatic carbocycles. The van der Waals surface area contributed by atoms with Crippen molar-refractivity contribution in [1.29, 1.82) is 0 Å². The van der Waals surface area contributed by atoms with Crippen molar-refractivity contribution in [2.45, 2.75) is 26.9 Å². The Morgan fingerprint density at radius 1 is 1.10 bits per heavy atom. The van der Waals surface area contributed by atoms with Crippen LogP contribution < -0.4 is 20.1 Å². The van der Waals surface area contributed by atoms with Crippen LogP contribution >= 0.6 is 24.0 Å². The molecule has 7 nitrogen and oxygen atoms in total. The number of ether oxygens (including phenoxy) is 2. The van der Waals surface area contributed by atoms with E-state index >= 15 is 0 Å². The molecule has 0 saturated heterocycles. The molecule has 3 rings (SSSR count). The van der Waals surface area contributed by atoms with Gasteiger partial charge in [-0.2, -0.15) is 0 Å². The topological polar surface area (TPSA) is 72.7 Å². The summed E-state index contributed by atoms with van der Waals surface area (Å²) in [5.41, 5.74) is 3.18. The summed E-state index contributed by atoms with van der Waals surface area (Å²) >= 11 is 0. The standard InChI is InChI=1S/C22H29N5O2.HI/c1-5-23-22(25-15-17-10-11-18(28-3)14-21(17)29-4)24-12-13-27-16(2)26-19-8-6-7-9-20(19)27;/h6-11,14H,5,12-13,15H2,1-4H3,(H2,23,24,25);1H. The minimum Gasteiger partial charge on any atom is -0.497 e. The number of nitrogens with zero attached hydrogens (tertiary/aromatic N) is 3. The van der Waals surface area contributed by atoms with Crippen LogP contribution in [-0.2, 0) is 13.1 Å². The fourth-order valence-electron chi connectivity index (χ4n) is 3.25. The second kappa shape index (κ2) is 11.6. The number of benzene rings is 2. The summed E-state index contributed by atoms with van der Waals surface area (Å²) in [4.78, 5) is 9.32. The summed E-state index contributed by atoms with van der Waals surface area (Å²) in [6, 6.07) is 14.0. The monoisotopic (exact) mass is 523 g/mol. The van der Waals surface area contributed by atoms with Gasteiger partial charge in [-0.25, -0.2) is 9.98 Å². The SMILES string of the molecule is CCNC(=NCc1ccc(OC)cc1OC)NCCn1c(C)nc2ccccc21.I. The molecule has 0 bridgehead atoms. The van der Waals surface area contributed by atoms with E-state index in [1.165, 1.54) is 0 Å². The smallest absolute Gasteiger partial charge is 0.191 e. The van der Waals surface area contributed by atoms with Gasteiger partial charge in [0.25, 0.3) is 0 Å². The molecule has 0 amide bonds. The fourth-order valence-corrected chi connectivity index (χ4v) is 3.25. The molecule has 1 heterocycles. The Balaban J connectivity index is 0.00000320. The summed E-state index contributed by atoms with van der Waals surface area (Å²) in [6.45, 7) is 6.94. The molecular weight excluding hydrogens is 493 g/mol. The van der Waals surface area contributed by atoms with Crippen molar-refractivity contribution >= 4 is 41.0 Å². The summed E-state index contributed by atoms with van der Waals surface area (Å²) in [5, 5.41) is 6.70. The highest BCUT2D eigenvalue weighted by Crippen LogP contribution is 2.25. The molecule has 0 saturated carbocycles. The first-order chi connectivity index (χ1) is 14.2. The third-order valence-corrected chi connectivity index (χ3v) is 4.72. The number of nitrogens with one attached hydrogen (secondary N) is 2. The molecule has 2 N–H and O–H groups in total. The van der Waals surface area contributed by atoms with Crippen LogP contribution in [0.15, 0.2) is 47.5 Å². The minimum absolute atomic E-state index is 0. The van der Waals surface area contributed by atoms with Crippen LogP contribution in [0.1, 0.15) is 18.3 Å². The molecule has 0 radical (unpaired) electrons. The normalized spacial score (nSPS) is 11.1. The van der Waals surface area contributed by atoms with Gasteiger partial charge in [0.05, 0.1) is 31.8 Å². The van der Waals surface area contributed by atoms with Gasteiger partial charge < -0.3 is 24.7 Å². The molecule has 0 spiro atoms. The number of aliphatic imine (C=N–C) groups is 1. The van der Waals surface area contributed by atoms with Crippen LogP contribution in [0.25, 0.3) is 11.0 Å². The Bertz CT molecular complexity index is 987. The number of halogens is 1. The molecule has 0 unspecified atom stereocenters. The number of methoxy groups -OCH3 is 2. The number of aromatic nitrogens is 2. The first kappa shape index (κ1) is 23.8. The van der Waals surface area contributed by atoms with Gasteiger partial charge in [-0.3, -0.25) is 0 Å². The number of hydrogen-bond donors (Lipinski definition) is 2. The van der Waals surface area contributed by atoms with Gasteiger partial charge in [-0.05, 0) is 38.1 Å². The lowest BCUT2D eigenvalue weighted by molar-refractivity contribution is 0.391. The zero-order chi connectivity index (χ0) is 20.6.